The molecule has 2 nitrogen and oxygen atoms in total. The molecule has 0 aliphatic carbocycles. The largest absolute Gasteiger partial charge is 0.279 e. The normalized spacial score (nSPS) is 19.7. The standard InChI is InChI=1S/C4H7N2/c1-6-3-2-5-4-6/h4H,1-3H2/q+1. The molecular weight excluding hydrogens is 76.1 g/mol. The van der Waals surface area contributed by atoms with Crippen LogP contribution >= 0.6 is 0 Å². The second-order valence-corrected chi connectivity index (χ2v) is 1.33. The molecule has 32 valence electrons. The summed E-state index contributed by atoms with van der Waals surface area (Å²) in [6, 6.07) is 0. The fourth-order valence-corrected chi connectivity index (χ4v) is 0.417. The summed E-state index contributed by atoms with van der Waals surface area (Å²) in [6.07, 6.45) is 1.75. The van der Waals surface area contributed by atoms with Crippen LogP contribution in [0.3, 0.4) is 0 Å². The highest BCUT2D eigenvalue weighted by atomic mass is 15.1. The molecule has 0 amide bonds. The summed E-state index contributed by atoms with van der Waals surface area (Å²) < 4.78 is 1.82. The quantitative estimate of drug-likeness (QED) is 0.359. The third-order valence-corrected chi connectivity index (χ3v) is 0.761. The number of hydrogen-bond acceptors (Lipinski definition) is 1. The van der Waals surface area contributed by atoms with Crippen molar-refractivity contribution in [3.8, 4) is 0 Å². The maximum absolute atomic E-state index is 3.90. The number of hydrogen-bond donors (Lipinski definition) is 0. The summed E-state index contributed by atoms with van der Waals surface area (Å²) in [7, 11) is 0. The Hall–Kier alpha value is -0.660. The van der Waals surface area contributed by atoms with E-state index in [1.807, 2.05) is 4.58 Å². The highest BCUT2D eigenvalue weighted by Gasteiger charge is 2.01. The van der Waals surface area contributed by atoms with Gasteiger partial charge in [-0.25, -0.2) is 4.58 Å². The predicted octanol–water partition coefficient (Wildman–Crippen LogP) is -0.259. The van der Waals surface area contributed by atoms with Gasteiger partial charge in [-0.3, -0.25) is 0 Å². The van der Waals surface area contributed by atoms with Gasteiger partial charge in [-0.05, 0) is 0 Å². The Labute approximate surface area is 36.8 Å². The Morgan fingerprint density at radius 1 is 1.83 bits per heavy atom. The minimum atomic E-state index is 0.920. The zero-order chi connectivity index (χ0) is 4.41. The Balaban J connectivity index is 2.59. The minimum absolute atomic E-state index is 0.920. The molecule has 0 atom stereocenters. The Bertz CT molecular complexity index is 93.7. The molecular formula is C4H7N2+. The third-order valence-electron chi connectivity index (χ3n) is 0.761. The van der Waals surface area contributed by atoms with Gasteiger partial charge in [0.1, 0.15) is 6.54 Å². The monoisotopic (exact) mass is 83.1 g/mol. The van der Waals surface area contributed by atoms with E-state index in [9.17, 15) is 0 Å². The van der Waals surface area contributed by atoms with E-state index in [0.717, 1.165) is 13.1 Å². The molecule has 0 aromatic carbocycles. The number of nitrogens with zero attached hydrogens (tertiary/aromatic N) is 2. The molecule has 0 spiro atoms. The molecule has 0 aromatic heterocycles. The fourth-order valence-electron chi connectivity index (χ4n) is 0.417. The van der Waals surface area contributed by atoms with E-state index in [4.69, 9.17) is 0 Å². The van der Waals surface area contributed by atoms with Crippen molar-refractivity contribution >= 4 is 13.1 Å². The van der Waals surface area contributed by atoms with Crippen molar-refractivity contribution in [2.45, 2.75) is 0 Å². The molecule has 0 saturated heterocycles. The summed E-state index contributed by atoms with van der Waals surface area (Å²) in [5.74, 6) is 0. The van der Waals surface area contributed by atoms with Crippen molar-refractivity contribution in [3.63, 3.8) is 0 Å². The van der Waals surface area contributed by atoms with Gasteiger partial charge in [0.2, 0.25) is 0 Å². The average Bonchev–Trinajstić information content (AvgIpc) is 1.86. The summed E-state index contributed by atoms with van der Waals surface area (Å²) in [5.41, 5.74) is 0. The molecule has 0 saturated carbocycles. The first-order chi connectivity index (χ1) is 2.89. The van der Waals surface area contributed by atoms with Crippen LogP contribution in [-0.2, 0) is 0 Å². The van der Waals surface area contributed by atoms with Crippen LogP contribution in [0, 0.1) is 0 Å². The highest BCUT2D eigenvalue weighted by Crippen LogP contribution is 1.78. The maximum Gasteiger partial charge on any atom is 0.279 e. The fraction of sp³-hybridized carbons (Fsp3) is 0.500. The molecule has 2 heteroatoms. The van der Waals surface area contributed by atoms with Gasteiger partial charge < -0.3 is 0 Å². The van der Waals surface area contributed by atoms with E-state index in [-0.39, 0.29) is 0 Å². The topological polar surface area (TPSA) is 15.4 Å². The van der Waals surface area contributed by atoms with E-state index < -0.39 is 0 Å². The van der Waals surface area contributed by atoms with Crippen molar-refractivity contribution in [2.75, 3.05) is 13.1 Å². The van der Waals surface area contributed by atoms with Crippen LogP contribution in [0.25, 0.3) is 0 Å². The van der Waals surface area contributed by atoms with Crippen molar-refractivity contribution in [3.05, 3.63) is 0 Å². The lowest BCUT2D eigenvalue weighted by Crippen LogP contribution is -2.01. The number of rotatable bonds is 0. The summed E-state index contributed by atoms with van der Waals surface area (Å²) >= 11 is 0. The molecule has 0 radical (unpaired) electrons. The van der Waals surface area contributed by atoms with Crippen LogP contribution in [0.4, 0.5) is 0 Å². The molecule has 6 heavy (non-hydrogen) atoms. The van der Waals surface area contributed by atoms with Crippen LogP contribution in [0.2, 0.25) is 0 Å². The molecule has 1 rings (SSSR count). The first-order valence-corrected chi connectivity index (χ1v) is 1.97. The lowest BCUT2D eigenvalue weighted by atomic mass is 10.7. The van der Waals surface area contributed by atoms with Gasteiger partial charge in [-0.1, -0.05) is 4.99 Å². The first kappa shape index (κ1) is 3.53. The zero-order valence-corrected chi connectivity index (χ0v) is 3.59. The van der Waals surface area contributed by atoms with Crippen molar-refractivity contribution < 1.29 is 4.58 Å². The van der Waals surface area contributed by atoms with Gasteiger partial charge >= 0.3 is 0 Å². The molecule has 0 fully saturated rings. The molecule has 0 unspecified atom stereocenters. The van der Waals surface area contributed by atoms with Crippen LogP contribution in [0.5, 0.6) is 0 Å². The third kappa shape index (κ3) is 0.455. The van der Waals surface area contributed by atoms with E-state index in [1.165, 1.54) is 0 Å². The Kier molecular flexibility index (Phi) is 0.708. The van der Waals surface area contributed by atoms with Crippen molar-refractivity contribution in [1.29, 1.82) is 0 Å². The summed E-state index contributed by atoms with van der Waals surface area (Å²) in [5, 5.41) is 0. The minimum Gasteiger partial charge on any atom is -0.240 e. The van der Waals surface area contributed by atoms with E-state index >= 15 is 0 Å². The number of aliphatic imine (C=N–C) groups is 1. The van der Waals surface area contributed by atoms with Gasteiger partial charge in [-0.15, -0.1) is 0 Å². The second-order valence-electron chi connectivity index (χ2n) is 1.33. The van der Waals surface area contributed by atoms with E-state index in [2.05, 4.69) is 11.7 Å². The zero-order valence-electron chi connectivity index (χ0n) is 3.59. The van der Waals surface area contributed by atoms with Crippen molar-refractivity contribution in [1.82, 2.24) is 0 Å². The first-order valence-electron chi connectivity index (χ1n) is 1.97. The van der Waals surface area contributed by atoms with E-state index in [0.29, 0.717) is 0 Å². The Morgan fingerprint density at radius 3 is 2.83 bits per heavy atom. The van der Waals surface area contributed by atoms with Gasteiger partial charge in [-0.2, -0.15) is 0 Å². The van der Waals surface area contributed by atoms with Crippen LogP contribution in [-0.4, -0.2) is 30.7 Å². The van der Waals surface area contributed by atoms with E-state index in [1.54, 1.807) is 6.34 Å². The second kappa shape index (κ2) is 1.20. The highest BCUT2D eigenvalue weighted by molar-refractivity contribution is 5.49. The average molecular weight is 83.1 g/mol. The van der Waals surface area contributed by atoms with Crippen molar-refractivity contribution in [2.24, 2.45) is 4.99 Å². The SMILES string of the molecule is C=[N+]1C=NCC1. The van der Waals surface area contributed by atoms with Gasteiger partial charge in [0, 0.05) is 0 Å². The van der Waals surface area contributed by atoms with Crippen LogP contribution in [0.1, 0.15) is 0 Å². The van der Waals surface area contributed by atoms with Gasteiger partial charge in [0.25, 0.3) is 6.34 Å². The summed E-state index contributed by atoms with van der Waals surface area (Å²) in [4.78, 5) is 3.90. The molecule has 0 aromatic rings. The van der Waals surface area contributed by atoms with Gasteiger partial charge in [0.15, 0.2) is 6.54 Å². The molecule has 1 aliphatic rings. The maximum atomic E-state index is 3.90. The summed E-state index contributed by atoms with van der Waals surface area (Å²) in [6.45, 7) is 5.53. The van der Waals surface area contributed by atoms with Crippen LogP contribution in [0.15, 0.2) is 4.99 Å². The predicted molar refractivity (Wildman–Crippen MR) is 25.6 cm³/mol. The smallest absolute Gasteiger partial charge is 0.240 e. The lowest BCUT2D eigenvalue weighted by Gasteiger charge is -1.75. The Morgan fingerprint density at radius 2 is 2.67 bits per heavy atom. The molecule has 1 heterocycles. The molecule has 0 bridgehead atoms. The molecule has 1 aliphatic heterocycles. The van der Waals surface area contributed by atoms with Crippen LogP contribution < -0.4 is 0 Å². The van der Waals surface area contributed by atoms with Gasteiger partial charge in [0.05, 0.1) is 6.72 Å². The lowest BCUT2D eigenvalue weighted by molar-refractivity contribution is -0.374. The molecule has 0 N–H and O–H groups in total.